The second-order valence-electron chi connectivity index (χ2n) is 7.28. The van der Waals surface area contributed by atoms with Crippen molar-refractivity contribution in [2.75, 3.05) is 5.32 Å². The Bertz CT molecular complexity index is 939. The van der Waals surface area contributed by atoms with Crippen LogP contribution in [0.15, 0.2) is 41.3 Å². The first-order chi connectivity index (χ1) is 12.7. The fraction of sp³-hybridized carbons (Fsp3) is 0.389. The maximum absolute atomic E-state index is 12.8. The van der Waals surface area contributed by atoms with E-state index in [1.165, 1.54) is 31.2 Å². The van der Waals surface area contributed by atoms with Crippen molar-refractivity contribution in [1.82, 2.24) is 4.90 Å². The number of sulfonamides is 1. The molecule has 2 fully saturated rings. The van der Waals surface area contributed by atoms with Crippen LogP contribution in [0.5, 0.6) is 0 Å². The fourth-order valence-corrected chi connectivity index (χ4v) is 4.91. The van der Waals surface area contributed by atoms with Gasteiger partial charge in [0, 0.05) is 5.69 Å². The highest BCUT2D eigenvalue weighted by atomic mass is 32.2. The number of nitrogens with one attached hydrogen (secondary N) is 1. The molecule has 0 spiro atoms. The largest absolute Gasteiger partial charge is 0.324 e. The highest BCUT2D eigenvalue weighted by Crippen LogP contribution is 2.52. The zero-order valence-corrected chi connectivity index (χ0v) is 15.3. The van der Waals surface area contributed by atoms with Crippen molar-refractivity contribution in [2.24, 2.45) is 28.8 Å². The monoisotopic (exact) mass is 389 g/mol. The van der Waals surface area contributed by atoms with E-state index >= 15 is 0 Å². The summed E-state index contributed by atoms with van der Waals surface area (Å²) < 4.78 is 22.6. The van der Waals surface area contributed by atoms with Crippen LogP contribution in [0.3, 0.4) is 0 Å². The molecule has 2 bridgehead atoms. The minimum absolute atomic E-state index is 0.0748. The van der Waals surface area contributed by atoms with Crippen LogP contribution in [0, 0.1) is 23.7 Å². The minimum Gasteiger partial charge on any atom is -0.324 e. The molecular formula is C18H19N3O5S. The van der Waals surface area contributed by atoms with Crippen LogP contribution >= 0.6 is 0 Å². The summed E-state index contributed by atoms with van der Waals surface area (Å²) in [4.78, 5) is 39.1. The summed E-state index contributed by atoms with van der Waals surface area (Å²) in [5.74, 6) is -1.61. The number of carbonyl (C=O) groups excluding carboxylic acids is 3. The van der Waals surface area contributed by atoms with Crippen molar-refractivity contribution in [3.05, 3.63) is 36.4 Å². The molecule has 9 heteroatoms. The Balaban J connectivity index is 1.48. The molecule has 142 valence electrons. The van der Waals surface area contributed by atoms with Crippen molar-refractivity contribution in [3.63, 3.8) is 0 Å². The van der Waals surface area contributed by atoms with Gasteiger partial charge in [0.15, 0.2) is 0 Å². The Morgan fingerprint density at radius 1 is 1.11 bits per heavy atom. The number of carbonyl (C=O) groups is 3. The van der Waals surface area contributed by atoms with Crippen LogP contribution in [0.25, 0.3) is 0 Å². The standard InChI is InChI=1S/C18H19N3O5S/c1-9(16(22)20-12-4-6-13(7-5-12)27(19,25)26)21-17(23)14-10-2-3-11(8-10)15(14)18(21)24/h2-7,9-11,14-15H,8H2,1H3,(H,20,22)(H2,19,25,26)/t9-,10-,11+,14-,15+/m1/s1. The third-order valence-corrected chi connectivity index (χ3v) is 6.65. The molecule has 1 saturated carbocycles. The molecule has 1 heterocycles. The number of imide groups is 1. The maximum atomic E-state index is 12.8. The number of nitrogens with zero attached hydrogens (tertiary/aromatic N) is 1. The number of benzene rings is 1. The molecule has 3 amide bonds. The number of likely N-dealkylation sites (tertiary alicyclic amines) is 1. The number of allylic oxidation sites excluding steroid dienone is 2. The number of fused-ring (bicyclic) bond motifs is 5. The van der Waals surface area contributed by atoms with Crippen molar-refractivity contribution in [1.29, 1.82) is 0 Å². The molecule has 1 saturated heterocycles. The van der Waals surface area contributed by atoms with Crippen LogP contribution in [0.1, 0.15) is 13.3 Å². The quantitative estimate of drug-likeness (QED) is 0.572. The maximum Gasteiger partial charge on any atom is 0.247 e. The second kappa shape index (κ2) is 6.00. The van der Waals surface area contributed by atoms with E-state index in [2.05, 4.69) is 5.32 Å². The van der Waals surface area contributed by atoms with E-state index in [1.54, 1.807) is 0 Å². The van der Waals surface area contributed by atoms with Gasteiger partial charge in [-0.1, -0.05) is 12.2 Å². The Morgan fingerprint density at radius 3 is 2.11 bits per heavy atom. The molecule has 2 aliphatic carbocycles. The number of nitrogens with two attached hydrogens (primary N) is 1. The third kappa shape index (κ3) is 2.78. The lowest BCUT2D eigenvalue weighted by Gasteiger charge is -2.23. The van der Waals surface area contributed by atoms with E-state index in [0.717, 1.165) is 11.3 Å². The molecule has 0 radical (unpaired) electrons. The van der Waals surface area contributed by atoms with E-state index in [-0.39, 0.29) is 40.4 Å². The van der Waals surface area contributed by atoms with Crippen molar-refractivity contribution >= 4 is 33.4 Å². The molecule has 3 aliphatic rings. The lowest BCUT2D eigenvalue weighted by Crippen LogP contribution is -2.46. The molecule has 27 heavy (non-hydrogen) atoms. The summed E-state index contributed by atoms with van der Waals surface area (Å²) in [7, 11) is -3.82. The second-order valence-corrected chi connectivity index (χ2v) is 8.84. The van der Waals surface area contributed by atoms with Gasteiger partial charge in [-0.05, 0) is 49.4 Å². The smallest absolute Gasteiger partial charge is 0.247 e. The van der Waals surface area contributed by atoms with Crippen LogP contribution < -0.4 is 10.5 Å². The third-order valence-electron chi connectivity index (χ3n) is 5.72. The van der Waals surface area contributed by atoms with Gasteiger partial charge < -0.3 is 5.32 Å². The lowest BCUT2D eigenvalue weighted by atomic mass is 9.85. The predicted molar refractivity (Wildman–Crippen MR) is 95.5 cm³/mol. The Hall–Kier alpha value is -2.52. The summed E-state index contributed by atoms with van der Waals surface area (Å²) in [6.45, 7) is 1.51. The normalized spacial score (nSPS) is 29.9. The average molecular weight is 389 g/mol. The summed E-state index contributed by atoms with van der Waals surface area (Å²) in [5.41, 5.74) is 0.347. The van der Waals surface area contributed by atoms with Crippen LogP contribution in [-0.2, 0) is 24.4 Å². The minimum atomic E-state index is -3.82. The molecule has 8 nitrogen and oxygen atoms in total. The summed E-state index contributed by atoms with van der Waals surface area (Å²) in [5, 5.41) is 7.65. The van der Waals surface area contributed by atoms with Gasteiger partial charge in [-0.3, -0.25) is 19.3 Å². The van der Waals surface area contributed by atoms with Crippen LogP contribution in [-0.4, -0.2) is 37.1 Å². The summed E-state index contributed by atoms with van der Waals surface area (Å²) in [6, 6.07) is 4.40. The van der Waals surface area contributed by atoms with Gasteiger partial charge in [-0.15, -0.1) is 0 Å². The first-order valence-corrected chi connectivity index (χ1v) is 10.2. The van der Waals surface area contributed by atoms with E-state index < -0.39 is 22.0 Å². The van der Waals surface area contributed by atoms with Gasteiger partial charge in [0.25, 0.3) is 0 Å². The van der Waals surface area contributed by atoms with E-state index in [0.29, 0.717) is 5.69 Å². The number of amides is 3. The van der Waals surface area contributed by atoms with Gasteiger partial charge in [0.1, 0.15) is 6.04 Å². The first-order valence-electron chi connectivity index (χ1n) is 8.67. The molecule has 1 aliphatic heterocycles. The van der Waals surface area contributed by atoms with Gasteiger partial charge in [-0.2, -0.15) is 0 Å². The number of hydrogen-bond acceptors (Lipinski definition) is 5. The SMILES string of the molecule is C[C@H](C(=O)Nc1ccc(S(N)(=O)=O)cc1)N1C(=O)[C@@H]2[C@H](C1=O)[C@@H]1C=C[C@H]2C1. The Labute approximate surface area is 156 Å². The Kier molecular flexibility index (Phi) is 3.97. The van der Waals surface area contributed by atoms with Crippen LogP contribution in [0.4, 0.5) is 5.69 Å². The number of hydrogen-bond donors (Lipinski definition) is 2. The molecule has 3 N–H and O–H groups in total. The molecule has 0 aromatic heterocycles. The molecular weight excluding hydrogens is 370 g/mol. The average Bonchev–Trinajstić information content (AvgIpc) is 3.28. The zero-order valence-electron chi connectivity index (χ0n) is 14.5. The number of primary sulfonamides is 1. The van der Waals surface area contributed by atoms with Gasteiger partial charge in [-0.25, -0.2) is 13.6 Å². The lowest BCUT2D eigenvalue weighted by molar-refractivity contribution is -0.146. The van der Waals surface area contributed by atoms with Crippen molar-refractivity contribution in [3.8, 4) is 0 Å². The van der Waals surface area contributed by atoms with E-state index in [9.17, 15) is 22.8 Å². The molecule has 1 aromatic rings. The fourth-order valence-electron chi connectivity index (χ4n) is 4.40. The summed E-state index contributed by atoms with van der Waals surface area (Å²) >= 11 is 0. The number of rotatable bonds is 4. The van der Waals surface area contributed by atoms with Gasteiger partial charge >= 0.3 is 0 Å². The number of anilines is 1. The molecule has 1 aromatic carbocycles. The van der Waals surface area contributed by atoms with E-state index in [1.807, 2.05) is 12.2 Å². The van der Waals surface area contributed by atoms with Crippen LogP contribution in [0.2, 0.25) is 0 Å². The van der Waals surface area contributed by atoms with Crippen molar-refractivity contribution < 1.29 is 22.8 Å². The Morgan fingerprint density at radius 2 is 1.63 bits per heavy atom. The highest BCUT2D eigenvalue weighted by molar-refractivity contribution is 7.89. The molecule has 5 atom stereocenters. The zero-order chi connectivity index (χ0) is 19.5. The van der Waals surface area contributed by atoms with E-state index in [4.69, 9.17) is 5.14 Å². The topological polar surface area (TPSA) is 127 Å². The molecule has 4 rings (SSSR count). The summed E-state index contributed by atoms with van der Waals surface area (Å²) in [6.07, 6.45) is 4.83. The predicted octanol–water partition coefficient (Wildman–Crippen LogP) is 0.468. The van der Waals surface area contributed by atoms with Gasteiger partial charge in [0.05, 0.1) is 16.7 Å². The van der Waals surface area contributed by atoms with Crippen molar-refractivity contribution in [2.45, 2.75) is 24.3 Å². The van der Waals surface area contributed by atoms with Gasteiger partial charge in [0.2, 0.25) is 27.7 Å². The first kappa shape index (κ1) is 17.9. The highest BCUT2D eigenvalue weighted by Gasteiger charge is 2.60. The molecule has 0 unspecified atom stereocenters.